The molecule has 1 aromatic heterocycles. The molecule has 0 atom stereocenters. The van der Waals surface area contributed by atoms with Crippen molar-refractivity contribution in [2.45, 2.75) is 26.7 Å². The Balaban J connectivity index is 2.63. The fourth-order valence-electron chi connectivity index (χ4n) is 2.07. The van der Waals surface area contributed by atoms with E-state index in [9.17, 15) is 9.18 Å². The molecule has 4 heteroatoms. The first kappa shape index (κ1) is 12.5. The molecule has 0 aliphatic carbocycles. The van der Waals surface area contributed by atoms with E-state index in [0.717, 1.165) is 17.7 Å². The van der Waals surface area contributed by atoms with Crippen molar-refractivity contribution in [3.8, 4) is 5.69 Å². The summed E-state index contributed by atoms with van der Waals surface area (Å²) >= 11 is 0. The SMILES string of the molecule is CCc1nn(-c2cccc(F)c2)c(CC)c1C=O. The second-order valence-electron chi connectivity index (χ2n) is 4.02. The van der Waals surface area contributed by atoms with E-state index in [1.54, 1.807) is 16.8 Å². The van der Waals surface area contributed by atoms with Crippen LogP contribution in [0, 0.1) is 5.82 Å². The Morgan fingerprint density at radius 2 is 2.11 bits per heavy atom. The zero-order valence-electron chi connectivity index (χ0n) is 10.5. The third-order valence-corrected chi connectivity index (χ3v) is 2.94. The number of hydrogen-bond acceptors (Lipinski definition) is 2. The zero-order chi connectivity index (χ0) is 13.1. The molecule has 0 aliphatic heterocycles. The fraction of sp³-hybridized carbons (Fsp3) is 0.286. The number of carbonyl (C=O) groups excluding carboxylic acids is 1. The Morgan fingerprint density at radius 3 is 2.67 bits per heavy atom. The molecule has 0 fully saturated rings. The van der Waals surface area contributed by atoms with Crippen LogP contribution >= 0.6 is 0 Å². The average Bonchev–Trinajstić information content (AvgIpc) is 2.76. The number of aldehydes is 1. The third-order valence-electron chi connectivity index (χ3n) is 2.94. The number of carbonyl (C=O) groups is 1. The average molecular weight is 246 g/mol. The fourth-order valence-corrected chi connectivity index (χ4v) is 2.07. The van der Waals surface area contributed by atoms with Crippen molar-refractivity contribution in [2.75, 3.05) is 0 Å². The molecule has 0 N–H and O–H groups in total. The summed E-state index contributed by atoms with van der Waals surface area (Å²) in [4.78, 5) is 11.2. The Labute approximate surface area is 105 Å². The van der Waals surface area contributed by atoms with Crippen LogP contribution in [-0.4, -0.2) is 16.1 Å². The highest BCUT2D eigenvalue weighted by Gasteiger charge is 2.15. The quantitative estimate of drug-likeness (QED) is 0.777. The van der Waals surface area contributed by atoms with E-state index in [-0.39, 0.29) is 5.82 Å². The molecule has 0 saturated carbocycles. The van der Waals surface area contributed by atoms with Crippen molar-refractivity contribution >= 4 is 6.29 Å². The minimum Gasteiger partial charge on any atom is -0.298 e. The number of benzene rings is 1. The van der Waals surface area contributed by atoms with Gasteiger partial charge in [0.1, 0.15) is 5.82 Å². The van der Waals surface area contributed by atoms with Crippen LogP contribution in [0.3, 0.4) is 0 Å². The number of rotatable bonds is 4. The van der Waals surface area contributed by atoms with Gasteiger partial charge in [-0.1, -0.05) is 19.9 Å². The highest BCUT2D eigenvalue weighted by molar-refractivity contribution is 5.78. The molecule has 18 heavy (non-hydrogen) atoms. The number of halogens is 1. The topological polar surface area (TPSA) is 34.9 Å². The van der Waals surface area contributed by atoms with E-state index in [1.807, 2.05) is 13.8 Å². The highest BCUT2D eigenvalue weighted by Crippen LogP contribution is 2.19. The van der Waals surface area contributed by atoms with E-state index in [2.05, 4.69) is 5.10 Å². The first-order valence-corrected chi connectivity index (χ1v) is 6.03. The van der Waals surface area contributed by atoms with Crippen LogP contribution in [0.2, 0.25) is 0 Å². The first-order chi connectivity index (χ1) is 8.71. The van der Waals surface area contributed by atoms with Crippen LogP contribution in [0.25, 0.3) is 5.69 Å². The van der Waals surface area contributed by atoms with Crippen LogP contribution in [0.15, 0.2) is 24.3 Å². The van der Waals surface area contributed by atoms with Crippen molar-refractivity contribution in [1.82, 2.24) is 9.78 Å². The number of aromatic nitrogens is 2. The van der Waals surface area contributed by atoms with Gasteiger partial charge in [-0.2, -0.15) is 5.10 Å². The molecule has 1 heterocycles. The standard InChI is InChI=1S/C14H15FN2O/c1-3-13-12(9-18)14(4-2)17(16-13)11-7-5-6-10(15)8-11/h5-9H,3-4H2,1-2H3. The van der Waals surface area contributed by atoms with E-state index in [1.165, 1.54) is 12.1 Å². The van der Waals surface area contributed by atoms with Crippen LogP contribution in [0.5, 0.6) is 0 Å². The van der Waals surface area contributed by atoms with Gasteiger partial charge in [-0.05, 0) is 31.0 Å². The summed E-state index contributed by atoms with van der Waals surface area (Å²) in [7, 11) is 0. The van der Waals surface area contributed by atoms with Gasteiger partial charge < -0.3 is 0 Å². The summed E-state index contributed by atoms with van der Waals surface area (Å²) in [6, 6.07) is 6.22. The Bertz CT molecular complexity index is 575. The molecule has 94 valence electrons. The second-order valence-corrected chi connectivity index (χ2v) is 4.02. The monoisotopic (exact) mass is 246 g/mol. The van der Waals surface area contributed by atoms with Crippen molar-refractivity contribution in [3.05, 3.63) is 47.0 Å². The maximum absolute atomic E-state index is 13.2. The Morgan fingerprint density at radius 1 is 1.33 bits per heavy atom. The van der Waals surface area contributed by atoms with Gasteiger partial charge in [0.2, 0.25) is 0 Å². The summed E-state index contributed by atoms with van der Waals surface area (Å²) < 4.78 is 14.9. The number of hydrogen-bond donors (Lipinski definition) is 0. The van der Waals surface area contributed by atoms with Crippen molar-refractivity contribution in [1.29, 1.82) is 0 Å². The van der Waals surface area contributed by atoms with Crippen molar-refractivity contribution in [2.24, 2.45) is 0 Å². The second kappa shape index (κ2) is 5.12. The predicted molar refractivity (Wildman–Crippen MR) is 67.7 cm³/mol. The summed E-state index contributed by atoms with van der Waals surface area (Å²) in [5.41, 5.74) is 2.86. The molecule has 3 nitrogen and oxygen atoms in total. The summed E-state index contributed by atoms with van der Waals surface area (Å²) in [6.07, 6.45) is 2.20. The molecule has 0 saturated heterocycles. The lowest BCUT2D eigenvalue weighted by atomic mass is 10.1. The molecule has 2 rings (SSSR count). The minimum atomic E-state index is -0.309. The molecule has 0 amide bonds. The molecule has 0 radical (unpaired) electrons. The van der Waals surface area contributed by atoms with Gasteiger partial charge in [-0.25, -0.2) is 9.07 Å². The lowest BCUT2D eigenvalue weighted by Gasteiger charge is -2.06. The van der Waals surface area contributed by atoms with E-state index < -0.39 is 0 Å². The Hall–Kier alpha value is -1.97. The lowest BCUT2D eigenvalue weighted by molar-refractivity contribution is 0.112. The first-order valence-electron chi connectivity index (χ1n) is 6.03. The zero-order valence-corrected chi connectivity index (χ0v) is 10.5. The third kappa shape index (κ3) is 2.06. The van der Waals surface area contributed by atoms with Crippen LogP contribution in [0.4, 0.5) is 4.39 Å². The molecular formula is C14H15FN2O. The van der Waals surface area contributed by atoms with Crippen LogP contribution < -0.4 is 0 Å². The van der Waals surface area contributed by atoms with Gasteiger partial charge in [0, 0.05) is 0 Å². The van der Waals surface area contributed by atoms with E-state index in [4.69, 9.17) is 0 Å². The molecule has 1 aromatic carbocycles. The van der Waals surface area contributed by atoms with E-state index in [0.29, 0.717) is 24.1 Å². The van der Waals surface area contributed by atoms with Crippen molar-refractivity contribution in [3.63, 3.8) is 0 Å². The van der Waals surface area contributed by atoms with Gasteiger partial charge in [0.25, 0.3) is 0 Å². The highest BCUT2D eigenvalue weighted by atomic mass is 19.1. The molecule has 2 aromatic rings. The van der Waals surface area contributed by atoms with Crippen LogP contribution in [0.1, 0.15) is 35.6 Å². The van der Waals surface area contributed by atoms with Crippen LogP contribution in [-0.2, 0) is 12.8 Å². The molecule has 0 unspecified atom stereocenters. The maximum Gasteiger partial charge on any atom is 0.153 e. The lowest BCUT2D eigenvalue weighted by Crippen LogP contribution is -2.02. The molecule has 0 aliphatic rings. The van der Waals surface area contributed by atoms with E-state index >= 15 is 0 Å². The predicted octanol–water partition coefficient (Wildman–Crippen LogP) is 2.95. The Kier molecular flexibility index (Phi) is 3.55. The summed E-state index contributed by atoms with van der Waals surface area (Å²) in [5.74, 6) is -0.309. The van der Waals surface area contributed by atoms with Crippen molar-refractivity contribution < 1.29 is 9.18 Å². The van der Waals surface area contributed by atoms with Gasteiger partial charge in [0.05, 0.1) is 22.6 Å². The minimum absolute atomic E-state index is 0.309. The van der Waals surface area contributed by atoms with Gasteiger partial charge in [0.15, 0.2) is 6.29 Å². The normalized spacial score (nSPS) is 10.6. The number of nitrogens with zero attached hydrogens (tertiary/aromatic N) is 2. The smallest absolute Gasteiger partial charge is 0.153 e. The molecule has 0 spiro atoms. The van der Waals surface area contributed by atoms with Gasteiger partial charge in [-0.15, -0.1) is 0 Å². The maximum atomic E-state index is 13.2. The summed E-state index contributed by atoms with van der Waals surface area (Å²) in [6.45, 7) is 3.91. The van der Waals surface area contributed by atoms with Gasteiger partial charge in [-0.3, -0.25) is 4.79 Å². The van der Waals surface area contributed by atoms with Gasteiger partial charge >= 0.3 is 0 Å². The number of aryl methyl sites for hydroxylation is 1. The molecular weight excluding hydrogens is 231 g/mol. The largest absolute Gasteiger partial charge is 0.298 e. The summed E-state index contributed by atoms with van der Waals surface area (Å²) in [5, 5.41) is 4.40. The molecule has 0 bridgehead atoms.